The highest BCUT2D eigenvalue weighted by molar-refractivity contribution is 5.81. The van der Waals surface area contributed by atoms with Crippen molar-refractivity contribution < 1.29 is 9.59 Å². The molecule has 0 spiro atoms. The molecule has 0 aliphatic heterocycles. The molecule has 5 nitrogen and oxygen atoms in total. The van der Waals surface area contributed by atoms with Crippen molar-refractivity contribution in [1.29, 1.82) is 0 Å². The molecule has 0 radical (unpaired) electrons. The lowest BCUT2D eigenvalue weighted by molar-refractivity contribution is -0.125. The second-order valence-corrected chi connectivity index (χ2v) is 7.64. The van der Waals surface area contributed by atoms with Gasteiger partial charge >= 0.3 is 0 Å². The molecule has 138 valence electrons. The fraction of sp³-hybridized carbons (Fsp3) is 0.600. The minimum Gasteiger partial charge on any atom is -0.352 e. The van der Waals surface area contributed by atoms with Crippen LogP contribution in [0.25, 0.3) is 0 Å². The van der Waals surface area contributed by atoms with E-state index in [1.165, 1.54) is 5.56 Å². The maximum Gasteiger partial charge on any atom is 0.234 e. The summed E-state index contributed by atoms with van der Waals surface area (Å²) in [7, 11) is 1.79. The molecule has 1 fully saturated rings. The number of nitrogens with one attached hydrogen (secondary N) is 2. The number of hydrogen-bond donors (Lipinski definition) is 2. The molecular weight excluding hydrogens is 314 g/mol. The van der Waals surface area contributed by atoms with Crippen LogP contribution in [-0.4, -0.2) is 42.9 Å². The van der Waals surface area contributed by atoms with E-state index in [2.05, 4.69) is 48.7 Å². The van der Waals surface area contributed by atoms with E-state index in [0.29, 0.717) is 12.0 Å². The first kappa shape index (κ1) is 19.4. The first-order valence-electron chi connectivity index (χ1n) is 9.19. The van der Waals surface area contributed by atoms with Gasteiger partial charge in [0, 0.05) is 6.04 Å². The Morgan fingerprint density at radius 2 is 1.68 bits per heavy atom. The lowest BCUT2D eigenvalue weighted by Gasteiger charge is -2.19. The van der Waals surface area contributed by atoms with E-state index in [0.717, 1.165) is 24.8 Å². The molecule has 1 aromatic carbocycles. The Bertz CT molecular complexity index is 579. The smallest absolute Gasteiger partial charge is 0.234 e. The van der Waals surface area contributed by atoms with Crippen LogP contribution in [0.1, 0.15) is 50.8 Å². The van der Waals surface area contributed by atoms with Gasteiger partial charge in [0.2, 0.25) is 11.8 Å². The molecule has 5 heteroatoms. The van der Waals surface area contributed by atoms with Gasteiger partial charge < -0.3 is 10.6 Å². The number of carbonyl (C=O) groups excluding carboxylic acids is 2. The van der Waals surface area contributed by atoms with Crippen LogP contribution < -0.4 is 10.6 Å². The molecule has 2 N–H and O–H groups in total. The lowest BCUT2D eigenvalue weighted by atomic mass is 10.00. The monoisotopic (exact) mass is 345 g/mol. The third kappa shape index (κ3) is 7.26. The van der Waals surface area contributed by atoms with Gasteiger partial charge in [-0.2, -0.15) is 0 Å². The minimum absolute atomic E-state index is 0.00779. The summed E-state index contributed by atoms with van der Waals surface area (Å²) in [5, 5.41) is 5.93. The standard InChI is InChI=1S/C20H31N3O2/c1-14(2)11-16-5-7-17(8-6-16)15(3)21-19(24)12-23(4)13-20(25)22-18-9-10-18/h5-8,14-15,18H,9-13H2,1-4H3,(H,21,24)(H,22,25)/t15-/m1/s1. The van der Waals surface area contributed by atoms with Crippen LogP contribution in [0.5, 0.6) is 0 Å². The van der Waals surface area contributed by atoms with Gasteiger partial charge in [-0.25, -0.2) is 0 Å². The van der Waals surface area contributed by atoms with E-state index in [-0.39, 0.29) is 30.9 Å². The summed E-state index contributed by atoms with van der Waals surface area (Å²) in [4.78, 5) is 25.7. The number of benzene rings is 1. The van der Waals surface area contributed by atoms with Crippen molar-refractivity contribution in [3.8, 4) is 0 Å². The van der Waals surface area contributed by atoms with E-state index >= 15 is 0 Å². The SMILES string of the molecule is CC(C)Cc1ccc([C@@H](C)NC(=O)CN(C)CC(=O)NC2CC2)cc1. The molecule has 1 aromatic rings. The van der Waals surface area contributed by atoms with E-state index in [4.69, 9.17) is 0 Å². The average Bonchev–Trinajstić information content (AvgIpc) is 3.30. The third-order valence-electron chi connectivity index (χ3n) is 4.27. The van der Waals surface area contributed by atoms with Crippen LogP contribution in [0.15, 0.2) is 24.3 Å². The normalized spacial score (nSPS) is 15.3. The van der Waals surface area contributed by atoms with Gasteiger partial charge in [0.1, 0.15) is 0 Å². The quantitative estimate of drug-likeness (QED) is 0.722. The second kappa shape index (κ2) is 8.99. The van der Waals surface area contributed by atoms with Crippen LogP contribution in [0.4, 0.5) is 0 Å². The minimum atomic E-state index is -0.0690. The Labute approximate surface area is 151 Å². The summed E-state index contributed by atoms with van der Waals surface area (Å²) in [6.45, 7) is 6.86. The molecule has 0 saturated heterocycles. The fourth-order valence-corrected chi connectivity index (χ4v) is 2.83. The van der Waals surface area contributed by atoms with Crippen molar-refractivity contribution >= 4 is 11.8 Å². The van der Waals surface area contributed by atoms with Crippen molar-refractivity contribution in [2.45, 2.75) is 52.1 Å². The van der Waals surface area contributed by atoms with Crippen LogP contribution in [0.2, 0.25) is 0 Å². The van der Waals surface area contributed by atoms with E-state index in [9.17, 15) is 9.59 Å². The Morgan fingerprint density at radius 1 is 1.08 bits per heavy atom. The van der Waals surface area contributed by atoms with E-state index in [1.807, 2.05) is 6.92 Å². The van der Waals surface area contributed by atoms with Gasteiger partial charge in [-0.1, -0.05) is 38.1 Å². The van der Waals surface area contributed by atoms with Gasteiger partial charge in [-0.05, 0) is 50.3 Å². The molecule has 1 aliphatic carbocycles. The second-order valence-electron chi connectivity index (χ2n) is 7.64. The molecule has 0 aromatic heterocycles. The van der Waals surface area contributed by atoms with Crippen LogP contribution in [0, 0.1) is 5.92 Å². The molecule has 1 aliphatic rings. The number of hydrogen-bond acceptors (Lipinski definition) is 3. The topological polar surface area (TPSA) is 61.4 Å². The van der Waals surface area contributed by atoms with Crippen molar-refractivity contribution in [2.75, 3.05) is 20.1 Å². The maximum atomic E-state index is 12.2. The summed E-state index contributed by atoms with van der Waals surface area (Å²) in [5.41, 5.74) is 2.41. The zero-order valence-corrected chi connectivity index (χ0v) is 15.8. The summed E-state index contributed by atoms with van der Waals surface area (Å²) in [5.74, 6) is 0.558. The molecule has 0 heterocycles. The van der Waals surface area contributed by atoms with Crippen LogP contribution in [0.3, 0.4) is 0 Å². The zero-order chi connectivity index (χ0) is 18.4. The molecule has 1 atom stereocenters. The van der Waals surface area contributed by atoms with Crippen LogP contribution >= 0.6 is 0 Å². The van der Waals surface area contributed by atoms with Gasteiger partial charge in [0.25, 0.3) is 0 Å². The maximum absolute atomic E-state index is 12.2. The number of nitrogens with zero attached hydrogens (tertiary/aromatic N) is 1. The van der Waals surface area contributed by atoms with Gasteiger partial charge in [0.15, 0.2) is 0 Å². The summed E-state index contributed by atoms with van der Waals surface area (Å²) >= 11 is 0. The molecule has 2 rings (SSSR count). The third-order valence-corrected chi connectivity index (χ3v) is 4.27. The van der Waals surface area contributed by atoms with Crippen molar-refractivity contribution in [1.82, 2.24) is 15.5 Å². The average molecular weight is 345 g/mol. The number of carbonyl (C=O) groups is 2. The first-order valence-corrected chi connectivity index (χ1v) is 9.19. The zero-order valence-electron chi connectivity index (χ0n) is 15.8. The Hall–Kier alpha value is -1.88. The molecule has 2 amide bonds. The largest absolute Gasteiger partial charge is 0.352 e. The highest BCUT2D eigenvalue weighted by Crippen LogP contribution is 2.18. The van der Waals surface area contributed by atoms with Gasteiger partial charge in [-0.15, -0.1) is 0 Å². The fourth-order valence-electron chi connectivity index (χ4n) is 2.83. The predicted molar refractivity (Wildman–Crippen MR) is 100 cm³/mol. The summed E-state index contributed by atoms with van der Waals surface area (Å²) in [6, 6.07) is 8.73. The predicted octanol–water partition coefficient (Wildman–Crippen LogP) is 2.27. The first-order chi connectivity index (χ1) is 11.8. The van der Waals surface area contributed by atoms with Crippen LogP contribution in [-0.2, 0) is 16.0 Å². The van der Waals surface area contributed by atoms with Crippen molar-refractivity contribution in [2.24, 2.45) is 5.92 Å². The number of rotatable bonds is 9. The summed E-state index contributed by atoms with van der Waals surface area (Å²) in [6.07, 6.45) is 3.21. The number of amides is 2. The summed E-state index contributed by atoms with van der Waals surface area (Å²) < 4.78 is 0. The lowest BCUT2D eigenvalue weighted by Crippen LogP contribution is -2.41. The van der Waals surface area contributed by atoms with Gasteiger partial charge in [-0.3, -0.25) is 14.5 Å². The molecule has 0 bridgehead atoms. The Balaban J connectivity index is 1.75. The molecule has 1 saturated carbocycles. The van der Waals surface area contributed by atoms with Crippen molar-refractivity contribution in [3.05, 3.63) is 35.4 Å². The van der Waals surface area contributed by atoms with Crippen molar-refractivity contribution in [3.63, 3.8) is 0 Å². The molecule has 0 unspecified atom stereocenters. The highest BCUT2D eigenvalue weighted by atomic mass is 16.2. The Kier molecular flexibility index (Phi) is 7.00. The number of likely N-dealkylation sites (N-methyl/N-ethyl adjacent to an activating group) is 1. The molecule has 25 heavy (non-hydrogen) atoms. The molecular formula is C20H31N3O2. The van der Waals surface area contributed by atoms with E-state index in [1.54, 1.807) is 11.9 Å². The van der Waals surface area contributed by atoms with E-state index < -0.39 is 0 Å². The Morgan fingerprint density at radius 3 is 2.24 bits per heavy atom. The van der Waals surface area contributed by atoms with Gasteiger partial charge in [0.05, 0.1) is 19.1 Å². The highest BCUT2D eigenvalue weighted by Gasteiger charge is 2.23.